The summed E-state index contributed by atoms with van der Waals surface area (Å²) in [6.45, 7) is 16.6. The summed E-state index contributed by atoms with van der Waals surface area (Å²) >= 11 is 0. The molecule has 32 heavy (non-hydrogen) atoms. The van der Waals surface area contributed by atoms with Gasteiger partial charge in [-0.05, 0) is 37.5 Å². The molecular weight excluding hydrogens is 428 g/mol. The molecule has 0 aliphatic carbocycles. The molecule has 2 saturated heterocycles. The Morgan fingerprint density at radius 2 is 1.81 bits per heavy atom. The minimum atomic E-state index is -2.06. The largest absolute Gasteiger partial charge is 0.457 e. The molecule has 0 N–H and O–H groups in total. The van der Waals surface area contributed by atoms with E-state index in [-0.39, 0.29) is 11.6 Å². The molecule has 8 heteroatoms. The van der Waals surface area contributed by atoms with Crippen molar-refractivity contribution in [1.29, 1.82) is 0 Å². The highest BCUT2D eigenvalue weighted by Gasteiger charge is 2.58. The molecular formula is C24H38O7Si. The summed E-state index contributed by atoms with van der Waals surface area (Å²) < 4.78 is 36.7. The van der Waals surface area contributed by atoms with E-state index in [1.165, 1.54) is 6.92 Å². The van der Waals surface area contributed by atoms with Crippen LogP contribution >= 0.6 is 0 Å². The highest BCUT2D eigenvalue weighted by atomic mass is 28.4. The van der Waals surface area contributed by atoms with Gasteiger partial charge >= 0.3 is 5.97 Å². The molecule has 0 amide bonds. The number of rotatable bonds is 8. The fourth-order valence-corrected chi connectivity index (χ4v) is 4.69. The summed E-state index contributed by atoms with van der Waals surface area (Å²) in [4.78, 5) is 11.9. The van der Waals surface area contributed by atoms with Crippen molar-refractivity contribution >= 4 is 14.3 Å². The van der Waals surface area contributed by atoms with E-state index in [1.54, 1.807) is 0 Å². The number of hydrogen-bond acceptors (Lipinski definition) is 7. The third-order valence-electron chi connectivity index (χ3n) is 6.41. The third-order valence-corrected chi connectivity index (χ3v) is 10.9. The second-order valence-corrected chi connectivity index (χ2v) is 15.4. The van der Waals surface area contributed by atoms with Crippen LogP contribution in [0.1, 0.15) is 47.1 Å². The van der Waals surface area contributed by atoms with E-state index >= 15 is 0 Å². The monoisotopic (exact) mass is 466 g/mol. The Morgan fingerprint density at radius 3 is 2.41 bits per heavy atom. The molecule has 0 aromatic heterocycles. The Balaban J connectivity index is 1.79. The van der Waals surface area contributed by atoms with Gasteiger partial charge in [0.15, 0.2) is 26.5 Å². The van der Waals surface area contributed by atoms with Crippen LogP contribution in [0.4, 0.5) is 0 Å². The lowest BCUT2D eigenvalue weighted by atomic mass is 10.1. The second kappa shape index (κ2) is 9.52. The Bertz CT molecular complexity index is 774. The zero-order valence-electron chi connectivity index (χ0n) is 20.5. The Hall–Kier alpha value is -1.29. The molecule has 0 spiro atoms. The summed E-state index contributed by atoms with van der Waals surface area (Å²) in [7, 11) is -2.06. The number of esters is 1. The Labute approximate surface area is 192 Å². The predicted molar refractivity (Wildman–Crippen MR) is 122 cm³/mol. The van der Waals surface area contributed by atoms with E-state index in [0.29, 0.717) is 6.61 Å². The number of benzene rings is 1. The topological polar surface area (TPSA) is 72.5 Å². The molecule has 2 aliphatic rings. The standard InChI is InChI=1S/C24H38O7Si/c1-16(25)28-18(15-27-32(7,8)23(2,3)4)19-20(26-14-17-12-10-9-11-13-17)21-22(29-19)31-24(5,6)30-21/h9-13,18-22H,14-15H2,1-8H3/t18-,19-,20+,21-,22-/m1/s1. The Morgan fingerprint density at radius 1 is 1.16 bits per heavy atom. The van der Waals surface area contributed by atoms with E-state index in [1.807, 2.05) is 44.2 Å². The highest BCUT2D eigenvalue weighted by molar-refractivity contribution is 6.74. The number of hydrogen-bond donors (Lipinski definition) is 0. The number of fused-ring (bicyclic) bond motifs is 1. The maximum absolute atomic E-state index is 11.9. The van der Waals surface area contributed by atoms with Crippen molar-refractivity contribution in [2.45, 2.75) is 103 Å². The maximum atomic E-state index is 11.9. The fraction of sp³-hybridized carbons (Fsp3) is 0.708. The highest BCUT2D eigenvalue weighted by Crippen LogP contribution is 2.41. The van der Waals surface area contributed by atoms with Gasteiger partial charge in [-0.25, -0.2) is 0 Å². The molecule has 2 aliphatic heterocycles. The summed E-state index contributed by atoms with van der Waals surface area (Å²) in [5.41, 5.74) is 1.04. The number of ether oxygens (including phenoxy) is 5. The van der Waals surface area contributed by atoms with Gasteiger partial charge in [0.25, 0.3) is 0 Å². The predicted octanol–water partition coefficient (Wildman–Crippen LogP) is 4.40. The van der Waals surface area contributed by atoms with Gasteiger partial charge in [-0.15, -0.1) is 0 Å². The molecule has 7 nitrogen and oxygen atoms in total. The van der Waals surface area contributed by atoms with Crippen LogP contribution in [0.3, 0.4) is 0 Å². The lowest BCUT2D eigenvalue weighted by Gasteiger charge is -2.38. The average molecular weight is 467 g/mol. The third kappa shape index (κ3) is 5.98. The van der Waals surface area contributed by atoms with Crippen molar-refractivity contribution < 1.29 is 32.9 Å². The van der Waals surface area contributed by atoms with Crippen LogP contribution in [-0.4, -0.2) is 57.4 Å². The van der Waals surface area contributed by atoms with Crippen molar-refractivity contribution in [2.24, 2.45) is 0 Å². The average Bonchev–Trinajstić information content (AvgIpc) is 3.14. The van der Waals surface area contributed by atoms with E-state index < -0.39 is 50.8 Å². The van der Waals surface area contributed by atoms with Crippen molar-refractivity contribution in [3.63, 3.8) is 0 Å². The fourth-order valence-electron chi connectivity index (χ4n) is 3.68. The van der Waals surface area contributed by atoms with Crippen molar-refractivity contribution in [1.82, 2.24) is 0 Å². The van der Waals surface area contributed by atoms with Crippen LogP contribution in [0.25, 0.3) is 0 Å². The van der Waals surface area contributed by atoms with E-state index in [9.17, 15) is 4.79 Å². The molecule has 0 radical (unpaired) electrons. The summed E-state index contributed by atoms with van der Waals surface area (Å²) in [5, 5.41) is 0.0280. The minimum Gasteiger partial charge on any atom is -0.457 e. The van der Waals surface area contributed by atoms with Crippen LogP contribution in [0.2, 0.25) is 18.1 Å². The lowest BCUT2D eigenvalue weighted by molar-refractivity contribution is -0.235. The first-order valence-corrected chi connectivity index (χ1v) is 14.2. The lowest BCUT2D eigenvalue weighted by Crippen LogP contribution is -2.49. The van der Waals surface area contributed by atoms with E-state index in [2.05, 4.69) is 33.9 Å². The number of carbonyl (C=O) groups is 1. The van der Waals surface area contributed by atoms with Crippen LogP contribution in [0.15, 0.2) is 30.3 Å². The summed E-state index contributed by atoms with van der Waals surface area (Å²) in [5.74, 6) is -1.16. The van der Waals surface area contributed by atoms with E-state index in [4.69, 9.17) is 28.1 Å². The molecule has 0 unspecified atom stereocenters. The molecule has 0 saturated carbocycles. The van der Waals surface area contributed by atoms with Gasteiger partial charge in [0.1, 0.15) is 18.3 Å². The van der Waals surface area contributed by atoms with Gasteiger partial charge in [-0.1, -0.05) is 51.1 Å². The van der Waals surface area contributed by atoms with Gasteiger partial charge in [0, 0.05) is 6.92 Å². The SMILES string of the molecule is CC(=O)O[C@H](CO[Si](C)(C)C(C)(C)C)[C@H]1O[C@@H]2OC(C)(C)O[C@@H]2[C@H]1OCc1ccccc1. The molecule has 1 aromatic carbocycles. The van der Waals surface area contributed by atoms with Gasteiger partial charge in [0.05, 0.1) is 13.2 Å². The molecule has 2 fully saturated rings. The van der Waals surface area contributed by atoms with Crippen molar-refractivity contribution in [3.8, 4) is 0 Å². The maximum Gasteiger partial charge on any atom is 0.303 e. The zero-order chi connectivity index (χ0) is 23.7. The first-order chi connectivity index (χ1) is 14.8. The van der Waals surface area contributed by atoms with Gasteiger partial charge in [-0.2, -0.15) is 0 Å². The normalized spacial score (nSPS) is 28.4. The van der Waals surface area contributed by atoms with Crippen LogP contribution in [0.5, 0.6) is 0 Å². The summed E-state index contributed by atoms with van der Waals surface area (Å²) in [6.07, 6.45) is -2.71. The van der Waals surface area contributed by atoms with Crippen LogP contribution in [0, 0.1) is 0 Å². The molecule has 5 atom stereocenters. The zero-order valence-corrected chi connectivity index (χ0v) is 21.5. The van der Waals surface area contributed by atoms with Crippen molar-refractivity contribution in [3.05, 3.63) is 35.9 Å². The quantitative estimate of drug-likeness (QED) is 0.415. The van der Waals surface area contributed by atoms with Gasteiger partial charge < -0.3 is 28.1 Å². The molecule has 180 valence electrons. The van der Waals surface area contributed by atoms with Gasteiger partial charge in [-0.3, -0.25) is 4.79 Å². The Kier molecular flexibility index (Phi) is 7.54. The van der Waals surface area contributed by atoms with Crippen LogP contribution < -0.4 is 0 Å². The van der Waals surface area contributed by atoms with Crippen molar-refractivity contribution in [2.75, 3.05) is 6.61 Å². The van der Waals surface area contributed by atoms with Crippen LogP contribution in [-0.2, 0) is 39.5 Å². The van der Waals surface area contributed by atoms with E-state index in [0.717, 1.165) is 5.56 Å². The molecule has 2 heterocycles. The molecule has 3 rings (SSSR count). The second-order valence-electron chi connectivity index (χ2n) is 10.5. The van der Waals surface area contributed by atoms with Gasteiger partial charge in [0.2, 0.25) is 0 Å². The summed E-state index contributed by atoms with van der Waals surface area (Å²) in [6, 6.07) is 9.91. The smallest absolute Gasteiger partial charge is 0.303 e. The number of carbonyl (C=O) groups excluding carboxylic acids is 1. The molecule has 1 aromatic rings. The first kappa shape index (κ1) is 25.3. The minimum absolute atomic E-state index is 0.0280. The first-order valence-electron chi connectivity index (χ1n) is 11.3. The molecule has 0 bridgehead atoms.